The van der Waals surface area contributed by atoms with Gasteiger partial charge in [-0.15, -0.1) is 24.8 Å². The molecule has 0 aromatic heterocycles. The smallest absolute Gasteiger partial charge is 0.128 e. The summed E-state index contributed by atoms with van der Waals surface area (Å²) in [6, 6.07) is 34.9. The molecular formula is C31H33Cl2NOTi. The van der Waals surface area contributed by atoms with Crippen molar-refractivity contribution in [2.24, 2.45) is 4.99 Å². The molecule has 4 aromatic rings. The van der Waals surface area contributed by atoms with Gasteiger partial charge in [-0.05, 0) is 34.9 Å². The van der Waals surface area contributed by atoms with Crippen LogP contribution in [0.25, 0.3) is 0 Å². The van der Waals surface area contributed by atoms with Crippen LogP contribution >= 0.6 is 24.8 Å². The number of phenolic OH excluding ortho intramolecular Hbond substituents is 1. The van der Waals surface area contributed by atoms with Crippen molar-refractivity contribution >= 4 is 36.7 Å². The third-order valence-electron chi connectivity index (χ3n) is 6.63. The van der Waals surface area contributed by atoms with E-state index in [1.807, 2.05) is 54.6 Å². The molecule has 0 fully saturated rings. The number of nitrogens with zero attached hydrogens (tertiary/aromatic N) is 1. The van der Waals surface area contributed by atoms with E-state index in [0.29, 0.717) is 0 Å². The van der Waals surface area contributed by atoms with E-state index in [0.717, 1.165) is 27.9 Å². The van der Waals surface area contributed by atoms with Crippen LogP contribution in [0, 0.1) is 0 Å². The Hall–Kier alpha value is -2.36. The molecule has 0 aliphatic carbocycles. The molecule has 0 bridgehead atoms. The summed E-state index contributed by atoms with van der Waals surface area (Å²) in [4.78, 5) is 4.64. The first kappa shape index (κ1) is 31.7. The fourth-order valence-corrected chi connectivity index (χ4v) is 4.28. The molecule has 0 aliphatic rings. The van der Waals surface area contributed by atoms with E-state index in [4.69, 9.17) is 0 Å². The second kappa shape index (κ2) is 13.3. The van der Waals surface area contributed by atoms with Crippen LogP contribution in [0.5, 0.6) is 5.75 Å². The Morgan fingerprint density at radius 2 is 1.06 bits per heavy atom. The van der Waals surface area contributed by atoms with Crippen molar-refractivity contribution in [1.29, 1.82) is 0 Å². The fraction of sp³-hybridized carbons (Fsp3) is 0.194. The Bertz CT molecular complexity index is 1260. The van der Waals surface area contributed by atoms with Gasteiger partial charge in [-0.2, -0.15) is 0 Å². The van der Waals surface area contributed by atoms with Crippen molar-refractivity contribution in [1.82, 2.24) is 0 Å². The van der Waals surface area contributed by atoms with E-state index in [-0.39, 0.29) is 63.1 Å². The van der Waals surface area contributed by atoms with Gasteiger partial charge in [-0.25, -0.2) is 0 Å². The van der Waals surface area contributed by atoms with Crippen LogP contribution in [0.1, 0.15) is 55.5 Å². The maximum Gasteiger partial charge on any atom is 0.128 e. The standard InChI is InChI=1S/C31H31NO.2ClH.Ti/c1-30(2,24-14-8-5-9-15-24)26-20-23(22-32-27-18-12-7-13-19-27)29(33)28(21-26)31(3,4)25-16-10-6-11-17-25;;;/h5-22,33H,1-4H3;2*1H;. The summed E-state index contributed by atoms with van der Waals surface area (Å²) in [5.41, 5.74) is 5.36. The number of halogens is 2. The second-order valence-corrected chi connectivity index (χ2v) is 9.54. The molecule has 4 aromatic carbocycles. The number of para-hydroxylation sites is 1. The van der Waals surface area contributed by atoms with Crippen LogP contribution in [0.3, 0.4) is 0 Å². The van der Waals surface area contributed by atoms with Gasteiger partial charge in [-0.1, -0.05) is 113 Å². The summed E-state index contributed by atoms with van der Waals surface area (Å²) < 4.78 is 0. The number of hydrogen-bond donors (Lipinski definition) is 1. The van der Waals surface area contributed by atoms with Gasteiger partial charge in [0.25, 0.3) is 0 Å². The molecule has 0 saturated carbocycles. The SMILES string of the molecule is CC(C)(c1ccccc1)c1cc(C=Nc2ccccc2)c(O)c(C(C)(C)c2ccccc2)c1.Cl.Cl.[Ti]. The van der Waals surface area contributed by atoms with E-state index < -0.39 is 0 Å². The zero-order chi connectivity index (χ0) is 23.5. The van der Waals surface area contributed by atoms with Crippen molar-refractivity contribution in [3.05, 3.63) is 131 Å². The zero-order valence-corrected chi connectivity index (χ0v) is 24.3. The predicted octanol–water partition coefficient (Wildman–Crippen LogP) is 8.64. The van der Waals surface area contributed by atoms with Crippen LogP contribution in [0.4, 0.5) is 5.69 Å². The van der Waals surface area contributed by atoms with Gasteiger partial charge in [0.1, 0.15) is 5.75 Å². The molecule has 0 saturated heterocycles. The maximum absolute atomic E-state index is 11.4. The summed E-state index contributed by atoms with van der Waals surface area (Å²) in [5.74, 6) is 0.274. The zero-order valence-electron chi connectivity index (χ0n) is 21.1. The van der Waals surface area contributed by atoms with E-state index in [9.17, 15) is 5.11 Å². The molecule has 36 heavy (non-hydrogen) atoms. The minimum Gasteiger partial charge on any atom is -0.507 e. The first-order valence-electron chi connectivity index (χ1n) is 11.4. The van der Waals surface area contributed by atoms with Crippen LogP contribution in [-0.4, -0.2) is 11.3 Å². The number of aromatic hydroxyl groups is 1. The molecule has 0 unspecified atom stereocenters. The number of hydrogen-bond acceptors (Lipinski definition) is 2. The first-order valence-corrected chi connectivity index (χ1v) is 11.4. The summed E-state index contributed by atoms with van der Waals surface area (Å²) in [6.45, 7) is 8.78. The topological polar surface area (TPSA) is 32.6 Å². The number of rotatable bonds is 6. The summed E-state index contributed by atoms with van der Waals surface area (Å²) in [5, 5.41) is 11.4. The fourth-order valence-electron chi connectivity index (χ4n) is 4.28. The van der Waals surface area contributed by atoms with Gasteiger partial charge in [0, 0.05) is 49.9 Å². The van der Waals surface area contributed by atoms with Gasteiger partial charge in [0.2, 0.25) is 0 Å². The third kappa shape index (κ3) is 6.69. The van der Waals surface area contributed by atoms with Gasteiger partial charge < -0.3 is 5.11 Å². The van der Waals surface area contributed by atoms with Crippen LogP contribution < -0.4 is 0 Å². The summed E-state index contributed by atoms with van der Waals surface area (Å²) in [7, 11) is 0. The molecule has 0 radical (unpaired) electrons. The molecule has 0 atom stereocenters. The average Bonchev–Trinajstić information content (AvgIpc) is 2.85. The van der Waals surface area contributed by atoms with Crippen molar-refractivity contribution in [2.75, 3.05) is 0 Å². The Labute approximate surface area is 242 Å². The maximum atomic E-state index is 11.4. The third-order valence-corrected chi connectivity index (χ3v) is 6.63. The monoisotopic (exact) mass is 553 g/mol. The first-order chi connectivity index (χ1) is 15.8. The van der Waals surface area contributed by atoms with Crippen LogP contribution in [-0.2, 0) is 32.5 Å². The van der Waals surface area contributed by atoms with Gasteiger partial charge in [0.05, 0.1) is 5.69 Å². The number of benzene rings is 4. The second-order valence-electron chi connectivity index (χ2n) is 9.54. The average molecular weight is 554 g/mol. The number of aliphatic imine (C=N–C) groups is 1. The molecule has 1 N–H and O–H groups in total. The minimum absolute atomic E-state index is 0. The van der Waals surface area contributed by atoms with Crippen LogP contribution in [0.15, 0.2) is 108 Å². The van der Waals surface area contributed by atoms with Gasteiger partial charge in [-0.3, -0.25) is 4.99 Å². The normalized spacial score (nSPS) is 11.2. The van der Waals surface area contributed by atoms with Crippen molar-refractivity contribution in [3.8, 4) is 5.75 Å². The van der Waals surface area contributed by atoms with Crippen LogP contribution in [0.2, 0.25) is 0 Å². The molecule has 4 rings (SSSR count). The molecule has 0 aliphatic heterocycles. The molecule has 2 nitrogen and oxygen atoms in total. The predicted molar refractivity (Wildman–Crippen MR) is 153 cm³/mol. The van der Waals surface area contributed by atoms with E-state index in [1.54, 1.807) is 6.21 Å². The van der Waals surface area contributed by atoms with Crippen molar-refractivity contribution < 1.29 is 26.8 Å². The quantitative estimate of drug-likeness (QED) is 0.188. The Morgan fingerprint density at radius 1 is 0.611 bits per heavy atom. The molecule has 0 amide bonds. The van der Waals surface area contributed by atoms with E-state index in [1.165, 1.54) is 5.56 Å². The molecular weight excluding hydrogens is 521 g/mol. The Morgan fingerprint density at radius 3 is 1.56 bits per heavy atom. The Kier molecular flexibility index (Phi) is 11.7. The van der Waals surface area contributed by atoms with Crippen molar-refractivity contribution in [2.45, 2.75) is 38.5 Å². The molecule has 186 valence electrons. The van der Waals surface area contributed by atoms with Gasteiger partial charge in [0.15, 0.2) is 0 Å². The minimum atomic E-state index is -0.385. The molecule has 0 spiro atoms. The van der Waals surface area contributed by atoms with Gasteiger partial charge >= 0.3 is 0 Å². The van der Waals surface area contributed by atoms with E-state index in [2.05, 4.69) is 81.2 Å². The Balaban J connectivity index is 0.00000216. The molecule has 0 heterocycles. The number of phenols is 1. The van der Waals surface area contributed by atoms with Crippen molar-refractivity contribution in [3.63, 3.8) is 0 Å². The summed E-state index contributed by atoms with van der Waals surface area (Å²) in [6.07, 6.45) is 1.78. The molecule has 5 heteroatoms. The summed E-state index contributed by atoms with van der Waals surface area (Å²) >= 11 is 0. The van der Waals surface area contributed by atoms with E-state index >= 15 is 0 Å². The largest absolute Gasteiger partial charge is 0.507 e.